The van der Waals surface area contributed by atoms with Gasteiger partial charge in [-0.3, -0.25) is 25.3 Å². The van der Waals surface area contributed by atoms with Crippen LogP contribution < -0.4 is 10.9 Å². The second-order valence-corrected chi connectivity index (χ2v) is 9.57. The maximum atomic E-state index is 12.7. The van der Waals surface area contributed by atoms with Gasteiger partial charge in [0.2, 0.25) is 5.91 Å². The number of thiophene rings is 1. The number of benzene rings is 1. The number of nitrogens with zero attached hydrogens (tertiary/aromatic N) is 2. The molecule has 9 heteroatoms. The number of amides is 2. The first-order chi connectivity index (χ1) is 16.6. The van der Waals surface area contributed by atoms with E-state index >= 15 is 0 Å². The Morgan fingerprint density at radius 3 is 2.50 bits per heavy atom. The number of furan rings is 1. The highest BCUT2D eigenvalue weighted by Gasteiger charge is 2.19. The van der Waals surface area contributed by atoms with Crippen LogP contribution in [-0.4, -0.2) is 34.8 Å². The first kappa shape index (κ1) is 23.9. The van der Waals surface area contributed by atoms with Crippen molar-refractivity contribution in [1.29, 1.82) is 0 Å². The van der Waals surface area contributed by atoms with Gasteiger partial charge in [-0.2, -0.15) is 0 Å². The van der Waals surface area contributed by atoms with Gasteiger partial charge >= 0.3 is 5.91 Å². The van der Waals surface area contributed by atoms with Crippen LogP contribution in [0.5, 0.6) is 0 Å². The van der Waals surface area contributed by atoms with Gasteiger partial charge in [0, 0.05) is 10.4 Å². The van der Waals surface area contributed by atoms with Gasteiger partial charge in [-0.1, -0.05) is 50.2 Å². The molecule has 0 saturated carbocycles. The number of thiazole rings is 1. The molecule has 0 aliphatic carbocycles. The first-order valence-electron chi connectivity index (χ1n) is 11.1. The lowest BCUT2D eigenvalue weighted by Gasteiger charge is -2.15. The second-order valence-electron chi connectivity index (χ2n) is 7.54. The van der Waals surface area contributed by atoms with Crippen LogP contribution in [0.1, 0.15) is 35.0 Å². The Morgan fingerprint density at radius 2 is 1.79 bits per heavy atom. The Hall–Kier alpha value is -3.27. The van der Waals surface area contributed by atoms with Crippen molar-refractivity contribution in [3.8, 4) is 21.1 Å². The molecular weight excluding hydrogens is 468 g/mol. The van der Waals surface area contributed by atoms with Crippen LogP contribution in [0.2, 0.25) is 0 Å². The Labute approximate surface area is 206 Å². The van der Waals surface area contributed by atoms with Gasteiger partial charge in [0.05, 0.1) is 23.5 Å². The molecule has 0 aliphatic heterocycles. The fourth-order valence-corrected chi connectivity index (χ4v) is 5.30. The van der Waals surface area contributed by atoms with Crippen molar-refractivity contribution in [3.63, 3.8) is 0 Å². The van der Waals surface area contributed by atoms with Crippen molar-refractivity contribution in [2.24, 2.45) is 0 Å². The Morgan fingerprint density at radius 1 is 1.00 bits per heavy atom. The summed E-state index contributed by atoms with van der Waals surface area (Å²) in [4.78, 5) is 33.9. The van der Waals surface area contributed by atoms with Crippen molar-refractivity contribution in [1.82, 2.24) is 20.7 Å². The second kappa shape index (κ2) is 11.2. The minimum atomic E-state index is -0.494. The maximum absolute atomic E-state index is 12.7. The Balaban J connectivity index is 1.41. The zero-order chi connectivity index (χ0) is 23.9. The summed E-state index contributed by atoms with van der Waals surface area (Å²) < 4.78 is 5.64. The smallest absolute Gasteiger partial charge is 0.305 e. The van der Waals surface area contributed by atoms with Gasteiger partial charge in [-0.05, 0) is 36.7 Å². The van der Waals surface area contributed by atoms with Crippen LogP contribution in [0.3, 0.4) is 0 Å². The van der Waals surface area contributed by atoms with E-state index in [2.05, 4.69) is 29.6 Å². The molecule has 3 heterocycles. The van der Waals surface area contributed by atoms with Crippen LogP contribution in [-0.2, 0) is 17.8 Å². The minimum Gasteiger partial charge on any atom is -0.454 e. The molecule has 0 aliphatic rings. The third kappa shape index (κ3) is 5.80. The molecule has 0 fully saturated rings. The van der Waals surface area contributed by atoms with Crippen LogP contribution in [0.4, 0.5) is 0 Å². The molecule has 0 spiro atoms. The molecule has 7 nitrogen and oxygen atoms in total. The predicted octanol–water partition coefficient (Wildman–Crippen LogP) is 4.98. The quantitative estimate of drug-likeness (QED) is 0.321. The molecule has 0 bridgehead atoms. The largest absolute Gasteiger partial charge is 0.454 e. The van der Waals surface area contributed by atoms with E-state index in [1.807, 2.05) is 47.8 Å². The average Bonchev–Trinajstić information content (AvgIpc) is 3.62. The number of nitrogens with one attached hydrogen (secondary N) is 2. The van der Waals surface area contributed by atoms with E-state index in [-0.39, 0.29) is 18.1 Å². The lowest BCUT2D eigenvalue weighted by atomic mass is 10.2. The number of hydrogen-bond donors (Lipinski definition) is 2. The monoisotopic (exact) mass is 494 g/mol. The van der Waals surface area contributed by atoms with E-state index < -0.39 is 5.91 Å². The summed E-state index contributed by atoms with van der Waals surface area (Å²) in [6.07, 6.45) is 0.101. The fraction of sp³-hybridized carbons (Fsp3) is 0.240. The number of hydrogen-bond acceptors (Lipinski definition) is 7. The Bertz CT molecular complexity index is 1230. The predicted molar refractivity (Wildman–Crippen MR) is 136 cm³/mol. The van der Waals surface area contributed by atoms with Crippen molar-refractivity contribution >= 4 is 34.5 Å². The molecule has 0 atom stereocenters. The van der Waals surface area contributed by atoms with E-state index in [9.17, 15) is 9.59 Å². The molecular formula is C25H26N4O3S2. The topological polar surface area (TPSA) is 87.5 Å². The first-order valence-corrected chi connectivity index (χ1v) is 12.8. The highest BCUT2D eigenvalue weighted by molar-refractivity contribution is 7.17. The average molecular weight is 495 g/mol. The van der Waals surface area contributed by atoms with Crippen LogP contribution in [0.25, 0.3) is 21.1 Å². The summed E-state index contributed by atoms with van der Waals surface area (Å²) in [6, 6.07) is 17.2. The Kier molecular flexibility index (Phi) is 7.89. The third-order valence-electron chi connectivity index (χ3n) is 5.27. The number of rotatable bonds is 9. The molecule has 0 unspecified atom stereocenters. The maximum Gasteiger partial charge on any atom is 0.305 e. The summed E-state index contributed by atoms with van der Waals surface area (Å²) in [5.74, 6) is 0.0426. The van der Waals surface area contributed by atoms with Gasteiger partial charge in [0.25, 0.3) is 0 Å². The lowest BCUT2D eigenvalue weighted by Crippen LogP contribution is -2.42. The number of carbonyl (C=O) groups excluding carboxylic acids is 2. The van der Waals surface area contributed by atoms with Crippen molar-refractivity contribution in [3.05, 3.63) is 76.4 Å². The molecule has 3 aromatic heterocycles. The van der Waals surface area contributed by atoms with Gasteiger partial charge in [0.15, 0.2) is 5.76 Å². The molecule has 4 rings (SSSR count). The highest BCUT2D eigenvalue weighted by atomic mass is 32.1. The molecule has 176 valence electrons. The van der Waals surface area contributed by atoms with E-state index in [1.54, 1.807) is 23.5 Å². The molecule has 0 saturated heterocycles. The minimum absolute atomic E-state index is 0.101. The highest BCUT2D eigenvalue weighted by Crippen LogP contribution is 2.36. The van der Waals surface area contributed by atoms with Gasteiger partial charge in [-0.15, -0.1) is 22.7 Å². The van der Waals surface area contributed by atoms with Crippen molar-refractivity contribution in [2.75, 3.05) is 13.1 Å². The summed E-state index contributed by atoms with van der Waals surface area (Å²) in [5.41, 5.74) is 6.75. The summed E-state index contributed by atoms with van der Waals surface area (Å²) >= 11 is 3.06. The van der Waals surface area contributed by atoms with E-state index in [4.69, 9.17) is 9.40 Å². The summed E-state index contributed by atoms with van der Waals surface area (Å²) in [5, 5.41) is 2.84. The van der Waals surface area contributed by atoms with E-state index in [1.165, 1.54) is 11.3 Å². The van der Waals surface area contributed by atoms with Crippen LogP contribution in [0, 0.1) is 0 Å². The molecule has 0 radical (unpaired) electrons. The lowest BCUT2D eigenvalue weighted by molar-refractivity contribution is -0.121. The normalized spacial score (nSPS) is 11.0. The van der Waals surface area contributed by atoms with Gasteiger partial charge in [-0.25, -0.2) is 4.98 Å². The van der Waals surface area contributed by atoms with Crippen LogP contribution in [0.15, 0.2) is 64.4 Å². The SMILES string of the molecule is CCN(CC)Cc1ccc(C(=O)NNC(=O)Cc2sc(-c3ccccc3)nc2-c2cccs2)o1. The van der Waals surface area contributed by atoms with Crippen molar-refractivity contribution in [2.45, 2.75) is 26.8 Å². The van der Waals surface area contributed by atoms with E-state index in [0.29, 0.717) is 12.3 Å². The van der Waals surface area contributed by atoms with Crippen molar-refractivity contribution < 1.29 is 14.0 Å². The van der Waals surface area contributed by atoms with Crippen LogP contribution >= 0.6 is 22.7 Å². The summed E-state index contributed by atoms with van der Waals surface area (Å²) in [6.45, 7) is 6.57. The molecule has 4 aromatic rings. The van der Waals surface area contributed by atoms with E-state index in [0.717, 1.165) is 39.1 Å². The molecule has 1 aromatic carbocycles. The van der Waals surface area contributed by atoms with Gasteiger partial charge < -0.3 is 4.42 Å². The number of aromatic nitrogens is 1. The summed E-state index contributed by atoms with van der Waals surface area (Å²) in [7, 11) is 0. The number of hydrazine groups is 1. The zero-order valence-electron chi connectivity index (χ0n) is 19.0. The molecule has 2 N–H and O–H groups in total. The third-order valence-corrected chi connectivity index (χ3v) is 7.25. The molecule has 2 amide bonds. The van der Waals surface area contributed by atoms with Gasteiger partial charge in [0.1, 0.15) is 10.8 Å². The fourth-order valence-electron chi connectivity index (χ4n) is 3.41. The number of carbonyl (C=O) groups is 2. The zero-order valence-corrected chi connectivity index (χ0v) is 20.7. The molecule has 34 heavy (non-hydrogen) atoms. The standard InChI is InChI=1S/C25H26N4O3S2/c1-3-29(4-2)16-18-12-13-19(32-18)24(31)28-27-22(30)15-21-23(20-11-8-14-33-20)26-25(34-21)17-9-6-5-7-10-17/h5-14H,3-4,15-16H2,1-2H3,(H,27,30)(H,28,31).